The van der Waals surface area contributed by atoms with Crippen molar-refractivity contribution < 1.29 is 28.9 Å². The monoisotopic (exact) mass is 473 g/mol. The number of carbonyl (C=O) groups excluding carboxylic acids is 2. The minimum atomic E-state index is -0.881. The molecule has 1 unspecified atom stereocenters. The molecule has 0 saturated carbocycles. The van der Waals surface area contributed by atoms with Gasteiger partial charge in [-0.2, -0.15) is 0 Å². The van der Waals surface area contributed by atoms with Gasteiger partial charge in [-0.1, -0.05) is 30.3 Å². The second-order valence-electron chi connectivity index (χ2n) is 8.08. The van der Waals surface area contributed by atoms with E-state index < -0.39 is 17.7 Å². The second-order valence-corrected chi connectivity index (χ2v) is 8.08. The maximum atomic E-state index is 13.4. The fraction of sp³-hybridized carbons (Fsp3) is 0.214. The van der Waals surface area contributed by atoms with Gasteiger partial charge in [0.25, 0.3) is 11.7 Å². The highest BCUT2D eigenvalue weighted by molar-refractivity contribution is 6.51. The lowest BCUT2D eigenvalue weighted by atomic mass is 9.94. The summed E-state index contributed by atoms with van der Waals surface area (Å²) in [4.78, 5) is 28.1. The van der Waals surface area contributed by atoms with Gasteiger partial charge in [0.1, 0.15) is 11.5 Å². The minimum Gasteiger partial charge on any atom is -0.507 e. The Morgan fingerprint density at radius 2 is 1.71 bits per heavy atom. The second kappa shape index (κ2) is 9.93. The molecule has 7 heteroatoms. The first-order valence-corrected chi connectivity index (χ1v) is 11.2. The number of ketones is 1. The number of amides is 1. The van der Waals surface area contributed by atoms with Crippen molar-refractivity contribution in [3.05, 3.63) is 89.0 Å². The Morgan fingerprint density at radius 3 is 2.40 bits per heavy atom. The fourth-order valence-corrected chi connectivity index (χ4v) is 4.25. The standard InChI is InChI=1S/C28H27NO6/c1-5-35-23-16-18(12-13-22(23)34-4)25-24(26(30)19-9-7-11-21(15-19)33-3)27(31)28(32)29(25)20-10-6-8-17(2)14-20/h6-16,25,30H,5H2,1-4H3/b26-24-. The zero-order valence-corrected chi connectivity index (χ0v) is 20.1. The smallest absolute Gasteiger partial charge is 0.300 e. The van der Waals surface area contributed by atoms with Gasteiger partial charge in [-0.15, -0.1) is 0 Å². The molecule has 1 aliphatic heterocycles. The summed E-state index contributed by atoms with van der Waals surface area (Å²) in [6, 6.07) is 18.4. The number of rotatable bonds is 7. The van der Waals surface area contributed by atoms with Crippen LogP contribution in [0.3, 0.4) is 0 Å². The van der Waals surface area contributed by atoms with E-state index >= 15 is 0 Å². The highest BCUT2D eigenvalue weighted by Gasteiger charge is 2.47. The Kier molecular flexibility index (Phi) is 6.78. The van der Waals surface area contributed by atoms with E-state index in [1.807, 2.05) is 32.0 Å². The highest BCUT2D eigenvalue weighted by atomic mass is 16.5. The van der Waals surface area contributed by atoms with E-state index in [4.69, 9.17) is 14.2 Å². The molecule has 0 aromatic heterocycles. The summed E-state index contributed by atoms with van der Waals surface area (Å²) in [5.41, 5.74) is 2.43. The van der Waals surface area contributed by atoms with Crippen LogP contribution in [0.25, 0.3) is 5.76 Å². The molecule has 1 aliphatic rings. The molecule has 1 atom stereocenters. The lowest BCUT2D eigenvalue weighted by Crippen LogP contribution is -2.29. The van der Waals surface area contributed by atoms with Gasteiger partial charge in [-0.25, -0.2) is 0 Å². The van der Waals surface area contributed by atoms with Crippen LogP contribution in [0.15, 0.2) is 72.3 Å². The molecule has 1 saturated heterocycles. The van der Waals surface area contributed by atoms with Crippen molar-refractivity contribution in [3.8, 4) is 17.2 Å². The van der Waals surface area contributed by atoms with Crippen molar-refractivity contribution in [1.29, 1.82) is 0 Å². The van der Waals surface area contributed by atoms with Crippen molar-refractivity contribution in [3.63, 3.8) is 0 Å². The van der Waals surface area contributed by atoms with Crippen molar-refractivity contribution in [2.75, 3.05) is 25.7 Å². The van der Waals surface area contributed by atoms with Crippen LogP contribution in [-0.4, -0.2) is 37.6 Å². The summed E-state index contributed by atoms with van der Waals surface area (Å²) >= 11 is 0. The van der Waals surface area contributed by atoms with Gasteiger partial charge < -0.3 is 19.3 Å². The Labute approximate surface area is 204 Å². The number of methoxy groups -OCH3 is 2. The van der Waals surface area contributed by atoms with Crippen molar-refractivity contribution in [2.24, 2.45) is 0 Å². The third-order valence-electron chi connectivity index (χ3n) is 5.87. The number of ether oxygens (including phenoxy) is 3. The van der Waals surface area contributed by atoms with Crippen LogP contribution in [0, 0.1) is 6.92 Å². The van der Waals surface area contributed by atoms with Crippen molar-refractivity contribution >= 4 is 23.1 Å². The maximum absolute atomic E-state index is 13.4. The summed E-state index contributed by atoms with van der Waals surface area (Å²) in [7, 11) is 3.06. The molecule has 4 rings (SSSR count). The Morgan fingerprint density at radius 1 is 0.943 bits per heavy atom. The largest absolute Gasteiger partial charge is 0.507 e. The molecular formula is C28H27NO6. The van der Waals surface area contributed by atoms with Crippen LogP contribution in [0.4, 0.5) is 5.69 Å². The van der Waals surface area contributed by atoms with Crippen LogP contribution >= 0.6 is 0 Å². The molecule has 1 fully saturated rings. The molecule has 3 aromatic carbocycles. The van der Waals surface area contributed by atoms with E-state index in [9.17, 15) is 14.7 Å². The van der Waals surface area contributed by atoms with E-state index in [1.165, 1.54) is 12.0 Å². The number of nitrogens with zero attached hydrogens (tertiary/aromatic N) is 1. The van der Waals surface area contributed by atoms with Crippen LogP contribution < -0.4 is 19.1 Å². The van der Waals surface area contributed by atoms with Crippen LogP contribution in [0.2, 0.25) is 0 Å². The number of carbonyl (C=O) groups is 2. The minimum absolute atomic E-state index is 0.0163. The molecule has 1 heterocycles. The van der Waals surface area contributed by atoms with E-state index in [-0.39, 0.29) is 11.3 Å². The number of aliphatic hydroxyl groups excluding tert-OH is 1. The Bertz CT molecular complexity index is 1310. The molecule has 3 aromatic rings. The maximum Gasteiger partial charge on any atom is 0.300 e. The predicted molar refractivity (Wildman–Crippen MR) is 133 cm³/mol. The number of anilines is 1. The first kappa shape index (κ1) is 23.9. The van der Waals surface area contributed by atoms with E-state index in [0.717, 1.165) is 5.56 Å². The number of benzene rings is 3. The van der Waals surface area contributed by atoms with Gasteiger partial charge in [0.05, 0.1) is 32.4 Å². The van der Waals surface area contributed by atoms with Gasteiger partial charge in [-0.3, -0.25) is 14.5 Å². The summed E-state index contributed by atoms with van der Waals surface area (Å²) < 4.78 is 16.4. The van der Waals surface area contributed by atoms with Crippen LogP contribution in [0.5, 0.6) is 17.2 Å². The zero-order chi connectivity index (χ0) is 25.1. The molecular weight excluding hydrogens is 446 g/mol. The third kappa shape index (κ3) is 4.45. The predicted octanol–water partition coefficient (Wildman–Crippen LogP) is 5.04. The summed E-state index contributed by atoms with van der Waals surface area (Å²) in [6.45, 7) is 4.17. The zero-order valence-electron chi connectivity index (χ0n) is 20.1. The van der Waals surface area contributed by atoms with Crippen LogP contribution in [-0.2, 0) is 9.59 Å². The van der Waals surface area contributed by atoms with Crippen LogP contribution in [0.1, 0.15) is 29.7 Å². The molecule has 0 spiro atoms. The SMILES string of the molecule is CCOc1cc(C2/C(=C(/O)c3cccc(OC)c3)C(=O)C(=O)N2c2cccc(C)c2)ccc1OC. The summed E-state index contributed by atoms with van der Waals surface area (Å²) in [6.07, 6.45) is 0. The summed E-state index contributed by atoms with van der Waals surface area (Å²) in [5, 5.41) is 11.3. The Hall–Kier alpha value is -4.26. The van der Waals surface area contributed by atoms with Gasteiger partial charge in [-0.05, 0) is 61.4 Å². The van der Waals surface area contributed by atoms with Crippen molar-refractivity contribution in [2.45, 2.75) is 19.9 Å². The first-order valence-electron chi connectivity index (χ1n) is 11.2. The number of aryl methyl sites for hydroxylation is 1. The number of aliphatic hydroxyl groups is 1. The topological polar surface area (TPSA) is 85.3 Å². The summed E-state index contributed by atoms with van der Waals surface area (Å²) in [5.74, 6) is -0.262. The number of Topliss-reactive ketones (excluding diaryl/α,β-unsaturated/α-hetero) is 1. The fourth-order valence-electron chi connectivity index (χ4n) is 4.25. The average Bonchev–Trinajstić information content (AvgIpc) is 3.14. The molecule has 0 aliphatic carbocycles. The van der Waals surface area contributed by atoms with Crippen molar-refractivity contribution in [1.82, 2.24) is 0 Å². The van der Waals surface area contributed by atoms with Gasteiger partial charge in [0, 0.05) is 11.3 Å². The molecule has 180 valence electrons. The lowest BCUT2D eigenvalue weighted by molar-refractivity contribution is -0.132. The third-order valence-corrected chi connectivity index (χ3v) is 5.87. The molecule has 0 radical (unpaired) electrons. The quantitative estimate of drug-likeness (QED) is 0.294. The molecule has 35 heavy (non-hydrogen) atoms. The van der Waals surface area contributed by atoms with E-state index in [2.05, 4.69) is 0 Å². The van der Waals surface area contributed by atoms with Gasteiger partial charge in [0.15, 0.2) is 11.5 Å². The lowest BCUT2D eigenvalue weighted by Gasteiger charge is -2.26. The Balaban J connectivity index is 1.97. The normalized spacial score (nSPS) is 16.9. The van der Waals surface area contributed by atoms with E-state index in [0.29, 0.717) is 40.7 Å². The number of hydrogen-bond donors (Lipinski definition) is 1. The van der Waals surface area contributed by atoms with Gasteiger partial charge in [0.2, 0.25) is 0 Å². The molecule has 7 nitrogen and oxygen atoms in total. The molecule has 1 amide bonds. The van der Waals surface area contributed by atoms with E-state index in [1.54, 1.807) is 55.6 Å². The average molecular weight is 474 g/mol. The van der Waals surface area contributed by atoms with Gasteiger partial charge >= 0.3 is 0 Å². The highest BCUT2D eigenvalue weighted by Crippen LogP contribution is 2.44. The first-order chi connectivity index (χ1) is 16.9. The number of hydrogen-bond acceptors (Lipinski definition) is 6. The molecule has 1 N–H and O–H groups in total. The molecule has 0 bridgehead atoms.